The van der Waals surface area contributed by atoms with Crippen molar-refractivity contribution >= 4 is 23.4 Å². The summed E-state index contributed by atoms with van der Waals surface area (Å²) in [4.78, 5) is 13.3. The normalized spacial score (nSPS) is 18.8. The lowest BCUT2D eigenvalue weighted by Crippen LogP contribution is -2.43. The van der Waals surface area contributed by atoms with Crippen molar-refractivity contribution in [1.82, 2.24) is 5.32 Å². The number of hydrogen-bond donors (Lipinski definition) is 2. The van der Waals surface area contributed by atoms with Gasteiger partial charge in [0.25, 0.3) is 0 Å². The van der Waals surface area contributed by atoms with Gasteiger partial charge in [-0.05, 0) is 31.5 Å². The molecule has 1 aliphatic rings. The minimum absolute atomic E-state index is 0.0498. The smallest absolute Gasteiger partial charge is 0.241 e. The third-order valence-corrected chi connectivity index (χ3v) is 4.20. The van der Waals surface area contributed by atoms with Crippen LogP contribution >= 0.6 is 11.8 Å². The molecule has 0 aliphatic carbocycles. The van der Waals surface area contributed by atoms with Gasteiger partial charge in [-0.25, -0.2) is 0 Å². The summed E-state index contributed by atoms with van der Waals surface area (Å²) in [6.07, 6.45) is 5.08. The third-order valence-electron chi connectivity index (χ3n) is 3.13. The molecule has 1 amide bonds. The molecule has 0 bridgehead atoms. The molecule has 3 nitrogen and oxygen atoms in total. The van der Waals surface area contributed by atoms with Gasteiger partial charge in [-0.15, -0.1) is 18.3 Å². The summed E-state index contributed by atoms with van der Waals surface area (Å²) in [5.74, 6) is 0.917. The first kappa shape index (κ1) is 14.2. The lowest BCUT2D eigenvalue weighted by Gasteiger charge is -2.23. The maximum absolute atomic E-state index is 12.2. The minimum atomic E-state index is -0.0498. The van der Waals surface area contributed by atoms with Crippen molar-refractivity contribution in [2.24, 2.45) is 0 Å². The molecule has 0 aromatic heterocycles. The zero-order valence-electron chi connectivity index (χ0n) is 11.0. The van der Waals surface area contributed by atoms with Crippen molar-refractivity contribution in [3.05, 3.63) is 36.9 Å². The molecule has 2 rings (SSSR count). The predicted molar refractivity (Wildman–Crippen MR) is 81.6 cm³/mol. The fourth-order valence-electron chi connectivity index (χ4n) is 2.14. The van der Waals surface area contributed by atoms with Crippen LogP contribution in [0.1, 0.15) is 19.3 Å². The molecule has 4 heteroatoms. The topological polar surface area (TPSA) is 41.1 Å². The van der Waals surface area contributed by atoms with Crippen LogP contribution in [0.5, 0.6) is 0 Å². The summed E-state index contributed by atoms with van der Waals surface area (Å²) in [5.41, 5.74) is 0.895. The van der Waals surface area contributed by atoms with Crippen molar-refractivity contribution < 1.29 is 4.79 Å². The standard InChI is InChI=1S/C15H20N2OS/c1-2-11-19-14-9-4-3-7-12(14)17-15(18)13-8-5-6-10-16-13/h2-4,7,9,13,16H,1,5-6,8,10-11H2,(H,17,18)/t13-/m0/s1. The van der Waals surface area contributed by atoms with Crippen LogP contribution < -0.4 is 10.6 Å². The van der Waals surface area contributed by atoms with Crippen LogP contribution in [-0.2, 0) is 4.79 Å². The van der Waals surface area contributed by atoms with Crippen molar-refractivity contribution in [1.29, 1.82) is 0 Å². The Morgan fingerprint density at radius 2 is 2.32 bits per heavy atom. The predicted octanol–water partition coefficient (Wildman–Crippen LogP) is 3.05. The Kier molecular flexibility index (Phi) is 5.48. The number of nitrogens with one attached hydrogen (secondary N) is 2. The number of hydrogen-bond acceptors (Lipinski definition) is 3. The molecule has 2 N–H and O–H groups in total. The number of thioether (sulfide) groups is 1. The van der Waals surface area contributed by atoms with Gasteiger partial charge >= 0.3 is 0 Å². The number of amides is 1. The van der Waals surface area contributed by atoms with E-state index in [0.717, 1.165) is 42.1 Å². The van der Waals surface area contributed by atoms with Gasteiger partial charge in [0.1, 0.15) is 0 Å². The van der Waals surface area contributed by atoms with E-state index in [1.165, 1.54) is 0 Å². The van der Waals surface area contributed by atoms with Crippen molar-refractivity contribution in [2.75, 3.05) is 17.6 Å². The van der Waals surface area contributed by atoms with Crippen LogP contribution in [-0.4, -0.2) is 24.2 Å². The highest BCUT2D eigenvalue weighted by Gasteiger charge is 2.20. The van der Waals surface area contributed by atoms with Crippen LogP contribution in [0.4, 0.5) is 5.69 Å². The summed E-state index contributed by atoms with van der Waals surface area (Å²) in [6.45, 7) is 4.66. The van der Waals surface area contributed by atoms with Gasteiger partial charge in [0.2, 0.25) is 5.91 Å². The van der Waals surface area contributed by atoms with E-state index in [0.29, 0.717) is 0 Å². The summed E-state index contributed by atoms with van der Waals surface area (Å²) in [7, 11) is 0. The van der Waals surface area contributed by atoms with Gasteiger partial charge in [0, 0.05) is 10.6 Å². The number of anilines is 1. The highest BCUT2D eigenvalue weighted by Crippen LogP contribution is 2.27. The zero-order valence-corrected chi connectivity index (χ0v) is 11.8. The first-order valence-corrected chi connectivity index (χ1v) is 7.67. The van der Waals surface area contributed by atoms with E-state index in [4.69, 9.17) is 0 Å². The van der Waals surface area contributed by atoms with Crippen LogP contribution in [0.25, 0.3) is 0 Å². The zero-order chi connectivity index (χ0) is 13.5. The first-order chi connectivity index (χ1) is 9.31. The van der Waals surface area contributed by atoms with Crippen molar-refractivity contribution in [3.8, 4) is 0 Å². The fourth-order valence-corrected chi connectivity index (χ4v) is 2.89. The monoisotopic (exact) mass is 276 g/mol. The van der Waals surface area contributed by atoms with Gasteiger partial charge < -0.3 is 10.6 Å². The van der Waals surface area contributed by atoms with Crippen LogP contribution in [0.3, 0.4) is 0 Å². The Labute approximate surface area is 118 Å². The molecule has 1 aromatic rings. The molecule has 1 atom stereocenters. The highest BCUT2D eigenvalue weighted by atomic mass is 32.2. The molecule has 19 heavy (non-hydrogen) atoms. The second-order valence-electron chi connectivity index (χ2n) is 4.59. The minimum Gasteiger partial charge on any atom is -0.324 e. The van der Waals surface area contributed by atoms with Crippen LogP contribution in [0.2, 0.25) is 0 Å². The third kappa shape index (κ3) is 4.11. The van der Waals surface area contributed by atoms with Gasteiger partial charge in [-0.3, -0.25) is 4.79 Å². The van der Waals surface area contributed by atoms with Gasteiger partial charge in [0.15, 0.2) is 0 Å². The second kappa shape index (κ2) is 7.36. The Morgan fingerprint density at radius 1 is 1.47 bits per heavy atom. The number of carbonyl (C=O) groups is 1. The SMILES string of the molecule is C=CCSc1ccccc1NC(=O)[C@@H]1CCCCN1. The number of benzene rings is 1. The van der Waals surface area contributed by atoms with Gasteiger partial charge in [-0.1, -0.05) is 24.6 Å². The Morgan fingerprint density at radius 3 is 3.05 bits per heavy atom. The van der Waals surface area contributed by atoms with Crippen LogP contribution in [0.15, 0.2) is 41.8 Å². The second-order valence-corrected chi connectivity index (χ2v) is 5.65. The summed E-state index contributed by atoms with van der Waals surface area (Å²) >= 11 is 1.68. The molecular formula is C15H20N2OS. The quantitative estimate of drug-likeness (QED) is 0.641. The van der Waals surface area contributed by atoms with Gasteiger partial charge in [-0.2, -0.15) is 0 Å². The summed E-state index contributed by atoms with van der Waals surface area (Å²) in [5, 5.41) is 6.30. The van der Waals surface area contributed by atoms with E-state index in [-0.39, 0.29) is 11.9 Å². The van der Waals surface area contributed by atoms with E-state index < -0.39 is 0 Å². The fraction of sp³-hybridized carbons (Fsp3) is 0.400. The summed E-state index contributed by atoms with van der Waals surface area (Å²) < 4.78 is 0. The average molecular weight is 276 g/mol. The average Bonchev–Trinajstić information content (AvgIpc) is 2.47. The molecular weight excluding hydrogens is 256 g/mol. The van der Waals surface area contributed by atoms with Crippen LogP contribution in [0, 0.1) is 0 Å². The molecule has 1 aliphatic heterocycles. The van der Waals surface area contributed by atoms with Crippen molar-refractivity contribution in [2.45, 2.75) is 30.2 Å². The molecule has 0 unspecified atom stereocenters. The molecule has 1 heterocycles. The lowest BCUT2D eigenvalue weighted by molar-refractivity contribution is -0.118. The van der Waals surface area contributed by atoms with E-state index in [9.17, 15) is 4.79 Å². The van der Waals surface area contributed by atoms with Crippen molar-refractivity contribution in [3.63, 3.8) is 0 Å². The lowest BCUT2D eigenvalue weighted by atomic mass is 10.0. The number of para-hydroxylation sites is 1. The van der Waals surface area contributed by atoms with E-state index in [1.807, 2.05) is 30.3 Å². The largest absolute Gasteiger partial charge is 0.324 e. The van der Waals surface area contributed by atoms with E-state index in [2.05, 4.69) is 17.2 Å². The molecule has 0 radical (unpaired) electrons. The maximum Gasteiger partial charge on any atom is 0.241 e. The number of piperidine rings is 1. The molecule has 1 fully saturated rings. The number of carbonyl (C=O) groups excluding carboxylic acids is 1. The van der Waals surface area contributed by atoms with Gasteiger partial charge in [0.05, 0.1) is 11.7 Å². The maximum atomic E-state index is 12.2. The Bertz CT molecular complexity index is 442. The Balaban J connectivity index is 2.00. The highest BCUT2D eigenvalue weighted by molar-refractivity contribution is 7.99. The molecule has 1 saturated heterocycles. The first-order valence-electron chi connectivity index (χ1n) is 6.68. The summed E-state index contributed by atoms with van der Waals surface area (Å²) in [6, 6.07) is 7.86. The number of rotatable bonds is 5. The molecule has 102 valence electrons. The van der Waals surface area contributed by atoms with E-state index in [1.54, 1.807) is 11.8 Å². The Hall–Kier alpha value is -1.26. The molecule has 0 saturated carbocycles. The van der Waals surface area contributed by atoms with E-state index >= 15 is 0 Å². The molecule has 1 aromatic carbocycles. The molecule has 0 spiro atoms.